The molecule has 0 spiro atoms. The molecule has 0 saturated carbocycles. The third-order valence-corrected chi connectivity index (χ3v) is 2.18. The molecule has 1 aliphatic rings. The fourth-order valence-corrected chi connectivity index (χ4v) is 1.35. The van der Waals surface area contributed by atoms with Crippen LogP contribution in [0.1, 0.15) is 13.3 Å². The van der Waals surface area contributed by atoms with Gasteiger partial charge in [-0.2, -0.15) is 0 Å². The van der Waals surface area contributed by atoms with Crippen molar-refractivity contribution >= 4 is 5.97 Å². The molecule has 0 unspecified atom stereocenters. The number of hydrogen-bond acceptors (Lipinski definition) is 2. The van der Waals surface area contributed by atoms with Gasteiger partial charge in [-0.05, 0) is 13.3 Å². The first kappa shape index (κ1) is 10.2. The molecule has 1 heterocycles. The topological polar surface area (TPSA) is 40.5 Å². The first-order valence-electron chi connectivity index (χ1n) is 4.37. The molecule has 0 amide bonds. The zero-order valence-electron chi connectivity index (χ0n) is 7.66. The fourth-order valence-electron chi connectivity index (χ4n) is 1.35. The summed E-state index contributed by atoms with van der Waals surface area (Å²) in [4.78, 5) is 12.4. The minimum Gasteiger partial charge on any atom is -0.481 e. The van der Waals surface area contributed by atoms with Gasteiger partial charge < -0.3 is 10.0 Å². The van der Waals surface area contributed by atoms with E-state index in [4.69, 9.17) is 5.11 Å². The molecule has 0 radical (unpaired) electrons. The molecule has 1 N–H and O–H groups in total. The Kier molecular flexibility index (Phi) is 3.42. The molecule has 4 heteroatoms. The van der Waals surface area contributed by atoms with Crippen molar-refractivity contribution in [2.75, 3.05) is 19.6 Å². The largest absolute Gasteiger partial charge is 0.481 e. The van der Waals surface area contributed by atoms with Crippen LogP contribution in [0.5, 0.6) is 0 Å². The van der Waals surface area contributed by atoms with E-state index in [9.17, 15) is 9.18 Å². The molecule has 3 nitrogen and oxygen atoms in total. The van der Waals surface area contributed by atoms with E-state index in [1.54, 1.807) is 0 Å². The maximum Gasteiger partial charge on any atom is 0.309 e. The summed E-state index contributed by atoms with van der Waals surface area (Å²) in [5.41, 5.74) is 0. The van der Waals surface area contributed by atoms with Gasteiger partial charge in [-0.25, -0.2) is 4.39 Å². The summed E-state index contributed by atoms with van der Waals surface area (Å²) < 4.78 is 12.2. The zero-order chi connectivity index (χ0) is 9.84. The molecule has 0 aromatic heterocycles. The third kappa shape index (κ3) is 3.14. The van der Waals surface area contributed by atoms with Crippen LogP contribution in [0.15, 0.2) is 11.9 Å². The van der Waals surface area contributed by atoms with E-state index in [1.807, 2.05) is 4.90 Å². The van der Waals surface area contributed by atoms with Crippen molar-refractivity contribution < 1.29 is 14.3 Å². The minimum atomic E-state index is -0.728. The fraction of sp³-hybridized carbons (Fsp3) is 0.667. The van der Waals surface area contributed by atoms with Gasteiger partial charge in [0.25, 0.3) is 0 Å². The third-order valence-electron chi connectivity index (χ3n) is 2.18. The maximum absolute atomic E-state index is 12.2. The molecular formula is C9H14FNO2. The molecule has 0 aromatic rings. The van der Waals surface area contributed by atoms with Gasteiger partial charge in [0.1, 0.15) is 0 Å². The predicted molar refractivity (Wildman–Crippen MR) is 47.0 cm³/mol. The van der Waals surface area contributed by atoms with Gasteiger partial charge in [-0.1, -0.05) is 6.08 Å². The number of hydrogen-bond donors (Lipinski definition) is 1. The quantitative estimate of drug-likeness (QED) is 0.720. The number of halogens is 1. The summed E-state index contributed by atoms with van der Waals surface area (Å²) in [5, 5.41) is 8.57. The van der Waals surface area contributed by atoms with E-state index in [0.717, 1.165) is 6.54 Å². The first-order valence-corrected chi connectivity index (χ1v) is 4.37. The molecule has 0 bridgehead atoms. The van der Waals surface area contributed by atoms with E-state index < -0.39 is 5.97 Å². The lowest BCUT2D eigenvalue weighted by Crippen LogP contribution is -2.50. The monoisotopic (exact) mass is 187 g/mol. The van der Waals surface area contributed by atoms with Crippen molar-refractivity contribution in [1.29, 1.82) is 0 Å². The van der Waals surface area contributed by atoms with Crippen molar-refractivity contribution in [3.63, 3.8) is 0 Å². The number of carbonyl (C=O) groups is 1. The average molecular weight is 187 g/mol. The second-order valence-electron chi connectivity index (χ2n) is 3.37. The van der Waals surface area contributed by atoms with Crippen LogP contribution in [0, 0.1) is 5.92 Å². The van der Waals surface area contributed by atoms with E-state index in [1.165, 1.54) is 13.0 Å². The number of nitrogens with zero attached hydrogens (tertiary/aromatic N) is 1. The number of allylic oxidation sites excluding steroid dienone is 1. The van der Waals surface area contributed by atoms with Crippen molar-refractivity contribution in [2.45, 2.75) is 13.3 Å². The van der Waals surface area contributed by atoms with Crippen LogP contribution in [0.3, 0.4) is 0 Å². The van der Waals surface area contributed by atoms with E-state index in [0.29, 0.717) is 19.5 Å². The Hall–Kier alpha value is -0.900. The Morgan fingerprint density at radius 2 is 2.31 bits per heavy atom. The van der Waals surface area contributed by atoms with E-state index in [2.05, 4.69) is 0 Å². The van der Waals surface area contributed by atoms with Gasteiger partial charge >= 0.3 is 5.97 Å². The number of carboxylic acid groups (broad SMARTS) is 1. The van der Waals surface area contributed by atoms with Gasteiger partial charge in [0.05, 0.1) is 11.7 Å². The predicted octanol–water partition coefficient (Wildman–Crippen LogP) is 1.27. The molecule has 1 aliphatic heterocycles. The summed E-state index contributed by atoms with van der Waals surface area (Å²) in [6.07, 6.45) is 2.18. The van der Waals surface area contributed by atoms with Crippen molar-refractivity contribution in [3.05, 3.63) is 11.9 Å². The van der Waals surface area contributed by atoms with Crippen molar-refractivity contribution in [1.82, 2.24) is 4.90 Å². The Morgan fingerprint density at radius 1 is 1.69 bits per heavy atom. The lowest BCUT2D eigenvalue weighted by Gasteiger charge is -2.36. The van der Waals surface area contributed by atoms with Crippen LogP contribution < -0.4 is 0 Å². The lowest BCUT2D eigenvalue weighted by atomic mass is 10.0. The number of carboxylic acids is 1. The van der Waals surface area contributed by atoms with Crippen LogP contribution in [-0.4, -0.2) is 35.6 Å². The Balaban J connectivity index is 2.09. The van der Waals surface area contributed by atoms with Gasteiger partial charge in [-0.15, -0.1) is 0 Å². The summed E-state index contributed by atoms with van der Waals surface area (Å²) >= 11 is 0. The van der Waals surface area contributed by atoms with Crippen LogP contribution in [0.2, 0.25) is 0 Å². The van der Waals surface area contributed by atoms with Crippen LogP contribution >= 0.6 is 0 Å². The van der Waals surface area contributed by atoms with Crippen molar-refractivity contribution in [3.8, 4) is 0 Å². The van der Waals surface area contributed by atoms with Crippen molar-refractivity contribution in [2.24, 2.45) is 5.92 Å². The van der Waals surface area contributed by atoms with E-state index in [-0.39, 0.29) is 11.7 Å². The molecule has 1 rings (SSSR count). The molecule has 1 saturated heterocycles. The summed E-state index contributed by atoms with van der Waals surface area (Å²) in [6.45, 7) is 3.38. The smallest absolute Gasteiger partial charge is 0.309 e. The second-order valence-corrected chi connectivity index (χ2v) is 3.37. The standard InChI is InChI=1S/C9H14FNO2/c1-7(10)3-2-4-11-5-8(6-11)9(12)13/h3,8H,2,4-6H2,1H3,(H,12,13)/b7-3+. The average Bonchev–Trinajstić information content (AvgIpc) is 1.92. The summed E-state index contributed by atoms with van der Waals surface area (Å²) in [7, 11) is 0. The zero-order valence-corrected chi connectivity index (χ0v) is 7.66. The molecule has 0 aliphatic carbocycles. The molecule has 0 atom stereocenters. The highest BCUT2D eigenvalue weighted by atomic mass is 19.1. The van der Waals surface area contributed by atoms with Gasteiger partial charge in [0, 0.05) is 19.6 Å². The highest BCUT2D eigenvalue weighted by Gasteiger charge is 2.31. The Morgan fingerprint density at radius 3 is 2.77 bits per heavy atom. The highest BCUT2D eigenvalue weighted by molar-refractivity contribution is 5.71. The lowest BCUT2D eigenvalue weighted by molar-refractivity contribution is -0.147. The molecule has 1 fully saturated rings. The molecular weight excluding hydrogens is 173 g/mol. The van der Waals surface area contributed by atoms with Gasteiger partial charge in [0.2, 0.25) is 0 Å². The maximum atomic E-state index is 12.2. The van der Waals surface area contributed by atoms with E-state index >= 15 is 0 Å². The van der Waals surface area contributed by atoms with Crippen LogP contribution in [0.4, 0.5) is 4.39 Å². The van der Waals surface area contributed by atoms with Crippen LogP contribution in [0.25, 0.3) is 0 Å². The number of aliphatic carboxylic acids is 1. The normalized spacial score (nSPS) is 20.0. The molecule has 13 heavy (non-hydrogen) atoms. The number of likely N-dealkylation sites (tertiary alicyclic amines) is 1. The molecule has 0 aromatic carbocycles. The Bertz CT molecular complexity index is 218. The molecule has 74 valence electrons. The SMILES string of the molecule is C/C(F)=C\CCN1CC(C(=O)O)C1. The van der Waals surface area contributed by atoms with Gasteiger partial charge in [0.15, 0.2) is 0 Å². The summed E-state index contributed by atoms with van der Waals surface area (Å²) in [5.74, 6) is -1.11. The minimum absolute atomic E-state index is 0.171. The Labute approximate surface area is 76.8 Å². The summed E-state index contributed by atoms with van der Waals surface area (Å²) in [6, 6.07) is 0. The number of rotatable bonds is 4. The second kappa shape index (κ2) is 4.37. The van der Waals surface area contributed by atoms with Crippen LogP contribution in [-0.2, 0) is 4.79 Å². The highest BCUT2D eigenvalue weighted by Crippen LogP contribution is 2.15. The van der Waals surface area contributed by atoms with Gasteiger partial charge in [-0.3, -0.25) is 4.79 Å². The first-order chi connectivity index (χ1) is 6.09.